The zero-order chi connectivity index (χ0) is 36.6. The van der Waals surface area contributed by atoms with Crippen LogP contribution in [0.1, 0.15) is 62.0 Å². The average Bonchev–Trinajstić information content (AvgIpc) is 3.30. The number of aromatic nitrogens is 2. The summed E-state index contributed by atoms with van der Waals surface area (Å²) in [5.41, 5.74) is 2.17. The number of amides is 1. The van der Waals surface area contributed by atoms with Crippen molar-refractivity contribution >= 4 is 35.3 Å². The molecular weight excluding hydrogens is 680 g/mol. The van der Waals surface area contributed by atoms with Crippen LogP contribution in [0.3, 0.4) is 0 Å². The second-order valence-corrected chi connectivity index (χ2v) is 12.0. The number of fused-ring (bicyclic) bond motifs is 1. The number of rotatable bonds is 7. The average molecular weight is 716 g/mol. The van der Waals surface area contributed by atoms with E-state index in [1.165, 1.54) is 6.33 Å². The van der Waals surface area contributed by atoms with Crippen molar-refractivity contribution in [3.05, 3.63) is 52.4 Å². The van der Waals surface area contributed by atoms with Gasteiger partial charge in [0.1, 0.15) is 12.1 Å². The molecule has 1 aliphatic carbocycles. The minimum atomic E-state index is -5.08. The number of aliphatic hydroxyl groups excluding tert-OH is 2. The number of nitrogens with zero attached hydrogens (tertiary/aromatic N) is 4. The number of hydrogen-bond acceptors (Lipinski definition) is 9. The lowest BCUT2D eigenvalue weighted by Gasteiger charge is -2.38. The van der Waals surface area contributed by atoms with Crippen LogP contribution in [-0.2, 0) is 14.4 Å². The van der Waals surface area contributed by atoms with Crippen LogP contribution in [0.15, 0.2) is 30.6 Å². The minimum Gasteiger partial charge on any atom is -0.475 e. The monoisotopic (exact) mass is 715 g/mol. The molecule has 0 bridgehead atoms. The van der Waals surface area contributed by atoms with Crippen molar-refractivity contribution in [3.63, 3.8) is 0 Å². The zero-order valence-electron chi connectivity index (χ0n) is 26.0. The van der Waals surface area contributed by atoms with Gasteiger partial charge < -0.3 is 35.5 Å². The third-order valence-corrected chi connectivity index (χ3v) is 7.66. The van der Waals surface area contributed by atoms with E-state index in [-0.39, 0.29) is 24.3 Å². The van der Waals surface area contributed by atoms with Crippen LogP contribution in [0.2, 0.25) is 5.02 Å². The molecule has 1 aromatic carbocycles. The molecule has 2 aliphatic rings. The van der Waals surface area contributed by atoms with Gasteiger partial charge in [0.15, 0.2) is 0 Å². The van der Waals surface area contributed by atoms with Gasteiger partial charge in [-0.05, 0) is 43.9 Å². The lowest BCUT2D eigenvalue weighted by Crippen LogP contribution is -2.52. The van der Waals surface area contributed by atoms with E-state index in [9.17, 15) is 41.4 Å². The normalized spacial score (nSPS) is 18.5. The highest BCUT2D eigenvalue weighted by Gasteiger charge is 2.39. The fourth-order valence-corrected chi connectivity index (χ4v) is 4.92. The van der Waals surface area contributed by atoms with E-state index in [0.29, 0.717) is 44.2 Å². The molecular formula is C29H36ClF6N5O7. The summed E-state index contributed by atoms with van der Waals surface area (Å²) in [5, 5.41) is 38.2. The van der Waals surface area contributed by atoms with Crippen LogP contribution >= 0.6 is 11.6 Å². The SMILES string of the molecule is C[C@@H]1C[C@@H](O)c2ncnc(N3CCN(C(=O)[C@H](CNC(C)(C)CO)c4ccc(Cl)cc4)CC3)c21.O=C(O)C(F)(F)F.O=C(O)C(F)(F)F. The number of alkyl halides is 6. The first-order valence-electron chi connectivity index (χ1n) is 14.4. The maximum absolute atomic E-state index is 13.6. The Morgan fingerprint density at radius 2 is 1.46 bits per heavy atom. The molecule has 2 heterocycles. The molecule has 48 heavy (non-hydrogen) atoms. The summed E-state index contributed by atoms with van der Waals surface area (Å²) < 4.78 is 63.5. The fraction of sp³-hybridized carbons (Fsp3) is 0.552. The number of aliphatic carboxylic acids is 2. The van der Waals surface area contributed by atoms with Gasteiger partial charge in [-0.1, -0.05) is 30.7 Å². The van der Waals surface area contributed by atoms with Gasteiger partial charge in [0.2, 0.25) is 5.91 Å². The Kier molecular flexibility index (Phi) is 14.0. The quantitative estimate of drug-likeness (QED) is 0.264. The molecule has 1 aromatic heterocycles. The molecule has 3 atom stereocenters. The van der Waals surface area contributed by atoms with E-state index >= 15 is 0 Å². The van der Waals surface area contributed by atoms with Crippen molar-refractivity contribution < 1.29 is 61.2 Å². The summed E-state index contributed by atoms with van der Waals surface area (Å²) >= 11 is 6.07. The molecule has 19 heteroatoms. The maximum atomic E-state index is 13.6. The van der Waals surface area contributed by atoms with Crippen molar-refractivity contribution in [2.24, 2.45) is 0 Å². The van der Waals surface area contributed by atoms with Gasteiger partial charge in [-0.3, -0.25) is 4.79 Å². The number of anilines is 1. The molecule has 1 saturated heterocycles. The Bertz CT molecular complexity index is 1380. The summed E-state index contributed by atoms with van der Waals surface area (Å²) in [5.74, 6) is -4.76. The van der Waals surface area contributed by atoms with E-state index < -0.39 is 35.9 Å². The van der Waals surface area contributed by atoms with Crippen molar-refractivity contribution in [3.8, 4) is 0 Å². The number of piperazine rings is 1. The maximum Gasteiger partial charge on any atom is 0.490 e. The Morgan fingerprint density at radius 3 is 1.92 bits per heavy atom. The van der Waals surface area contributed by atoms with E-state index in [1.54, 1.807) is 12.1 Å². The highest BCUT2D eigenvalue weighted by molar-refractivity contribution is 6.30. The van der Waals surface area contributed by atoms with Crippen LogP contribution in [0.5, 0.6) is 0 Å². The summed E-state index contributed by atoms with van der Waals surface area (Å²) in [6.45, 7) is 8.82. The first-order chi connectivity index (χ1) is 22.1. The van der Waals surface area contributed by atoms with Crippen LogP contribution < -0.4 is 10.2 Å². The van der Waals surface area contributed by atoms with Crippen molar-refractivity contribution in [1.82, 2.24) is 20.2 Å². The number of carboxylic acid groups (broad SMARTS) is 2. The molecule has 1 amide bonds. The number of carboxylic acids is 2. The first kappa shape index (κ1) is 40.4. The molecule has 1 fully saturated rings. The fourth-order valence-electron chi connectivity index (χ4n) is 4.79. The largest absolute Gasteiger partial charge is 0.490 e. The van der Waals surface area contributed by atoms with Crippen molar-refractivity contribution in [2.45, 2.75) is 63.0 Å². The Balaban J connectivity index is 0.000000479. The minimum absolute atomic E-state index is 0.0242. The molecule has 1 aliphatic heterocycles. The predicted molar refractivity (Wildman–Crippen MR) is 160 cm³/mol. The number of halogens is 7. The van der Waals surface area contributed by atoms with Gasteiger partial charge in [-0.25, -0.2) is 19.6 Å². The second-order valence-electron chi connectivity index (χ2n) is 11.6. The first-order valence-corrected chi connectivity index (χ1v) is 14.7. The van der Waals surface area contributed by atoms with Gasteiger partial charge in [0, 0.05) is 48.8 Å². The summed E-state index contributed by atoms with van der Waals surface area (Å²) in [4.78, 5) is 44.4. The van der Waals surface area contributed by atoms with Crippen molar-refractivity contribution in [1.29, 1.82) is 0 Å². The molecule has 0 spiro atoms. The highest BCUT2D eigenvalue weighted by atomic mass is 35.5. The summed E-state index contributed by atoms with van der Waals surface area (Å²) in [7, 11) is 0. The topological polar surface area (TPSA) is 176 Å². The van der Waals surface area contributed by atoms with Gasteiger partial charge >= 0.3 is 24.3 Å². The third kappa shape index (κ3) is 11.5. The van der Waals surface area contributed by atoms with E-state index in [1.807, 2.05) is 30.9 Å². The zero-order valence-corrected chi connectivity index (χ0v) is 26.8. The van der Waals surface area contributed by atoms with Gasteiger partial charge in [0.05, 0.1) is 24.3 Å². The Morgan fingerprint density at radius 1 is 0.958 bits per heavy atom. The van der Waals surface area contributed by atoms with Crippen LogP contribution in [0.25, 0.3) is 0 Å². The van der Waals surface area contributed by atoms with E-state index in [2.05, 4.69) is 27.1 Å². The molecule has 12 nitrogen and oxygen atoms in total. The highest BCUT2D eigenvalue weighted by Crippen LogP contribution is 2.42. The molecule has 4 rings (SSSR count). The van der Waals surface area contributed by atoms with Gasteiger partial charge in [-0.15, -0.1) is 0 Å². The molecule has 0 radical (unpaired) electrons. The third-order valence-electron chi connectivity index (χ3n) is 7.41. The van der Waals surface area contributed by atoms with Gasteiger partial charge in [0.25, 0.3) is 0 Å². The Labute approximate surface area is 276 Å². The van der Waals surface area contributed by atoms with Gasteiger partial charge in [-0.2, -0.15) is 26.3 Å². The number of aliphatic hydroxyl groups is 2. The molecule has 2 aromatic rings. The van der Waals surface area contributed by atoms with E-state index in [0.717, 1.165) is 22.6 Å². The number of benzene rings is 1. The lowest BCUT2D eigenvalue weighted by atomic mass is 9.95. The lowest BCUT2D eigenvalue weighted by molar-refractivity contribution is -0.193. The molecule has 0 saturated carbocycles. The number of hydrogen-bond donors (Lipinski definition) is 5. The summed E-state index contributed by atoms with van der Waals surface area (Å²) in [6, 6.07) is 7.40. The van der Waals surface area contributed by atoms with Crippen LogP contribution in [0.4, 0.5) is 32.2 Å². The number of carbonyl (C=O) groups is 3. The van der Waals surface area contributed by atoms with Crippen molar-refractivity contribution in [2.75, 3.05) is 44.2 Å². The number of carbonyl (C=O) groups excluding carboxylic acids is 1. The number of nitrogens with one attached hydrogen (secondary N) is 1. The second kappa shape index (κ2) is 16.6. The molecule has 0 unspecified atom stereocenters. The summed E-state index contributed by atoms with van der Waals surface area (Å²) in [6.07, 6.45) is -8.51. The smallest absolute Gasteiger partial charge is 0.475 e. The Hall–Kier alpha value is -3.74. The molecule has 5 N–H and O–H groups in total. The van der Waals surface area contributed by atoms with Crippen LogP contribution in [-0.4, -0.2) is 110 Å². The predicted octanol–water partition coefficient (Wildman–Crippen LogP) is 3.73. The standard InChI is InChI=1S/C25H34ClN5O3.2C2HF3O2/c1-16-12-20(33)22-21(16)23(28-15-27-22)30-8-10-31(11-9-30)24(34)19(13-29-25(2,3)14-32)17-4-6-18(26)7-5-17;2*3-2(4,5)1(6)7/h4-7,15-16,19-20,29,32-33H,8-14H2,1-3H3;2*(H,6,7)/t16-,19-,20-;;/m1../s1. The van der Waals surface area contributed by atoms with Crippen LogP contribution in [0, 0.1) is 0 Å². The van der Waals surface area contributed by atoms with E-state index in [4.69, 9.17) is 31.4 Å². The molecule has 268 valence electrons.